The molecule has 4 heteroatoms. The zero-order chi connectivity index (χ0) is 13.2. The largest absolute Gasteiger partial charge is 0.368 e. The third-order valence-corrected chi connectivity index (χ3v) is 3.56. The van der Waals surface area contributed by atoms with E-state index in [1.807, 2.05) is 11.9 Å². The lowest BCUT2D eigenvalue weighted by atomic mass is 9.97. The van der Waals surface area contributed by atoms with Crippen LogP contribution in [0.25, 0.3) is 0 Å². The van der Waals surface area contributed by atoms with Gasteiger partial charge < -0.3 is 10.6 Å². The van der Waals surface area contributed by atoms with Crippen LogP contribution in [0.15, 0.2) is 12.1 Å². The molecule has 0 aliphatic carbocycles. The van der Waals surface area contributed by atoms with E-state index in [1.165, 1.54) is 6.07 Å². The van der Waals surface area contributed by atoms with Crippen LogP contribution in [0.4, 0.5) is 10.1 Å². The summed E-state index contributed by atoms with van der Waals surface area (Å²) in [7, 11) is 1.91. The van der Waals surface area contributed by atoms with Crippen molar-refractivity contribution in [3.63, 3.8) is 0 Å². The van der Waals surface area contributed by atoms with Crippen molar-refractivity contribution in [1.29, 1.82) is 0 Å². The fourth-order valence-electron chi connectivity index (χ4n) is 1.74. The van der Waals surface area contributed by atoms with E-state index >= 15 is 0 Å². The number of anilines is 1. The molecule has 0 aliphatic heterocycles. The second-order valence-corrected chi connectivity index (χ2v) is 5.37. The van der Waals surface area contributed by atoms with Crippen molar-refractivity contribution in [2.75, 3.05) is 18.5 Å². The number of nitrogens with zero attached hydrogens (tertiary/aromatic N) is 1. The Bertz CT molecular complexity index is 405. The molecule has 0 atom stereocenters. The number of hydrogen-bond acceptors (Lipinski definition) is 2. The van der Waals surface area contributed by atoms with Gasteiger partial charge in [-0.3, -0.25) is 0 Å². The normalized spacial score (nSPS) is 11.7. The molecular weight excluding hydrogens is 239 g/mol. The topological polar surface area (TPSA) is 29.3 Å². The average molecular weight is 259 g/mol. The minimum Gasteiger partial charge on any atom is -0.368 e. The van der Waals surface area contributed by atoms with Gasteiger partial charge in [-0.05, 0) is 51.4 Å². The van der Waals surface area contributed by atoms with E-state index in [1.54, 1.807) is 13.0 Å². The highest BCUT2D eigenvalue weighted by molar-refractivity contribution is 6.33. The van der Waals surface area contributed by atoms with Crippen LogP contribution >= 0.6 is 11.6 Å². The molecule has 0 amide bonds. The molecule has 0 radical (unpaired) electrons. The van der Waals surface area contributed by atoms with Gasteiger partial charge in [0.15, 0.2) is 0 Å². The van der Waals surface area contributed by atoms with E-state index in [0.717, 1.165) is 6.42 Å². The van der Waals surface area contributed by atoms with E-state index in [9.17, 15) is 4.39 Å². The molecule has 2 N–H and O–H groups in total. The smallest absolute Gasteiger partial charge is 0.128 e. The second kappa shape index (κ2) is 5.23. The van der Waals surface area contributed by atoms with Gasteiger partial charge in [0.2, 0.25) is 0 Å². The highest BCUT2D eigenvalue weighted by Gasteiger charge is 2.25. The fraction of sp³-hybridized carbons (Fsp3) is 0.538. The van der Waals surface area contributed by atoms with Gasteiger partial charge in [0.1, 0.15) is 5.82 Å². The Hall–Kier alpha value is -0.800. The van der Waals surface area contributed by atoms with Crippen molar-refractivity contribution in [1.82, 2.24) is 0 Å². The molecule has 0 aromatic heterocycles. The van der Waals surface area contributed by atoms with Crippen molar-refractivity contribution in [3.05, 3.63) is 28.5 Å². The third-order valence-electron chi connectivity index (χ3n) is 3.25. The lowest BCUT2D eigenvalue weighted by Crippen LogP contribution is -2.43. The maximum atomic E-state index is 13.6. The van der Waals surface area contributed by atoms with E-state index in [4.69, 9.17) is 17.3 Å². The first kappa shape index (κ1) is 14.3. The first-order chi connectivity index (χ1) is 7.79. The Morgan fingerprint density at radius 2 is 2.00 bits per heavy atom. The van der Waals surface area contributed by atoms with Crippen molar-refractivity contribution >= 4 is 17.3 Å². The summed E-state index contributed by atoms with van der Waals surface area (Å²) in [5.74, 6) is -0.236. The minimum absolute atomic E-state index is 0.153. The number of rotatable bonds is 4. The first-order valence-corrected chi connectivity index (χ1v) is 6.07. The van der Waals surface area contributed by atoms with Crippen molar-refractivity contribution < 1.29 is 4.39 Å². The second-order valence-electron chi connectivity index (χ2n) is 4.96. The Balaban J connectivity index is 3.12. The summed E-state index contributed by atoms with van der Waals surface area (Å²) < 4.78 is 13.6. The molecular formula is C13H20ClFN2. The molecule has 0 bridgehead atoms. The maximum Gasteiger partial charge on any atom is 0.128 e. The van der Waals surface area contributed by atoms with Gasteiger partial charge in [-0.2, -0.15) is 0 Å². The van der Waals surface area contributed by atoms with Crippen molar-refractivity contribution in [2.24, 2.45) is 5.73 Å². The quantitative estimate of drug-likeness (QED) is 0.897. The molecule has 0 spiro atoms. The highest BCUT2D eigenvalue weighted by Crippen LogP contribution is 2.32. The first-order valence-electron chi connectivity index (χ1n) is 5.69. The molecule has 0 fully saturated rings. The Morgan fingerprint density at radius 3 is 2.53 bits per heavy atom. The predicted octanol–water partition coefficient (Wildman–Crippen LogP) is 3.35. The van der Waals surface area contributed by atoms with Crippen LogP contribution in [0, 0.1) is 12.7 Å². The Morgan fingerprint density at radius 1 is 1.41 bits per heavy atom. The molecule has 1 aromatic carbocycles. The van der Waals surface area contributed by atoms with Crippen LogP contribution in [-0.4, -0.2) is 19.1 Å². The summed E-state index contributed by atoms with van der Waals surface area (Å²) in [6.45, 7) is 6.42. The molecule has 0 heterocycles. The Kier molecular flexibility index (Phi) is 4.39. The molecule has 0 unspecified atom stereocenters. The molecule has 96 valence electrons. The lowest BCUT2D eigenvalue weighted by Gasteiger charge is -2.38. The summed E-state index contributed by atoms with van der Waals surface area (Å²) >= 11 is 6.16. The fourth-order valence-corrected chi connectivity index (χ4v) is 2.08. The molecule has 0 saturated heterocycles. The zero-order valence-electron chi connectivity index (χ0n) is 10.8. The monoisotopic (exact) mass is 258 g/mol. The number of hydrogen-bond donors (Lipinski definition) is 1. The highest BCUT2D eigenvalue weighted by atomic mass is 35.5. The molecule has 1 rings (SSSR count). The summed E-state index contributed by atoms with van der Waals surface area (Å²) in [5, 5.41) is 0.566. The molecule has 2 nitrogen and oxygen atoms in total. The molecule has 17 heavy (non-hydrogen) atoms. The predicted molar refractivity (Wildman–Crippen MR) is 72.3 cm³/mol. The van der Waals surface area contributed by atoms with Crippen molar-refractivity contribution in [2.45, 2.75) is 32.7 Å². The molecule has 0 aliphatic rings. The van der Waals surface area contributed by atoms with Crippen LogP contribution in [0.3, 0.4) is 0 Å². The summed E-state index contributed by atoms with van der Waals surface area (Å²) in [5.41, 5.74) is 6.70. The van der Waals surface area contributed by atoms with Crippen LogP contribution < -0.4 is 10.6 Å². The van der Waals surface area contributed by atoms with Gasteiger partial charge in [-0.1, -0.05) is 11.6 Å². The summed E-state index contributed by atoms with van der Waals surface area (Å²) in [4.78, 5) is 1.98. The number of nitrogens with two attached hydrogens (primary N) is 1. The number of halogens is 2. The van der Waals surface area contributed by atoms with E-state index < -0.39 is 0 Å². The maximum absolute atomic E-state index is 13.6. The SMILES string of the molecule is Cc1cc(Cl)c(N(C)C(C)(C)CCN)cc1F. The van der Waals surface area contributed by atoms with Crippen LogP contribution in [0.1, 0.15) is 25.8 Å². The van der Waals surface area contributed by atoms with Gasteiger partial charge >= 0.3 is 0 Å². The van der Waals surface area contributed by atoms with Gasteiger partial charge in [0.05, 0.1) is 10.7 Å². The Labute approximate surface area is 108 Å². The van der Waals surface area contributed by atoms with E-state index in [0.29, 0.717) is 22.8 Å². The third kappa shape index (κ3) is 3.11. The number of aryl methyl sites for hydroxylation is 1. The molecule has 1 aromatic rings. The van der Waals surface area contributed by atoms with Gasteiger partial charge in [0.25, 0.3) is 0 Å². The standard InChI is InChI=1S/C13H20ClFN2/c1-9-7-10(14)12(8-11(9)15)17(4)13(2,3)5-6-16/h7-8H,5-6,16H2,1-4H3. The zero-order valence-corrected chi connectivity index (χ0v) is 11.6. The van der Waals surface area contributed by atoms with Gasteiger partial charge in [0, 0.05) is 12.6 Å². The van der Waals surface area contributed by atoms with Crippen LogP contribution in [0.2, 0.25) is 5.02 Å². The average Bonchev–Trinajstić information content (AvgIpc) is 2.22. The summed E-state index contributed by atoms with van der Waals surface area (Å²) in [6.07, 6.45) is 0.815. The van der Waals surface area contributed by atoms with E-state index in [-0.39, 0.29) is 11.4 Å². The lowest BCUT2D eigenvalue weighted by molar-refractivity contribution is 0.455. The van der Waals surface area contributed by atoms with Crippen LogP contribution in [-0.2, 0) is 0 Å². The van der Waals surface area contributed by atoms with Crippen molar-refractivity contribution in [3.8, 4) is 0 Å². The van der Waals surface area contributed by atoms with Crippen LogP contribution in [0.5, 0.6) is 0 Å². The minimum atomic E-state index is -0.236. The number of benzene rings is 1. The molecule has 0 saturated carbocycles. The summed E-state index contributed by atoms with van der Waals surface area (Å²) in [6, 6.07) is 3.14. The van der Waals surface area contributed by atoms with Gasteiger partial charge in [-0.25, -0.2) is 4.39 Å². The van der Waals surface area contributed by atoms with E-state index in [2.05, 4.69) is 13.8 Å². The van der Waals surface area contributed by atoms with Gasteiger partial charge in [-0.15, -0.1) is 0 Å².